The van der Waals surface area contributed by atoms with Gasteiger partial charge in [0.05, 0.1) is 58.0 Å². The minimum Gasteiger partial charge on any atom is -0.481 e. The molecule has 0 saturated carbocycles. The van der Waals surface area contributed by atoms with E-state index in [1.165, 1.54) is 6.92 Å². The van der Waals surface area contributed by atoms with Gasteiger partial charge in [0, 0.05) is 13.0 Å². The minimum atomic E-state index is -2.84. The average molecular weight is 1150 g/mol. The molecular weight excluding hydrogens is 1090 g/mol. The van der Waals surface area contributed by atoms with Crippen LogP contribution in [0.4, 0.5) is 0 Å². The Kier molecular flexibility index (Phi) is 32.9. The molecule has 0 aromatic heterocycles. The van der Waals surface area contributed by atoms with Crippen molar-refractivity contribution in [1.29, 1.82) is 0 Å². The van der Waals surface area contributed by atoms with Gasteiger partial charge in [-0.1, -0.05) is 20.3 Å². The predicted molar refractivity (Wildman–Crippen MR) is 246 cm³/mol. The van der Waals surface area contributed by atoms with Gasteiger partial charge in [-0.3, -0.25) is 38.4 Å². The van der Waals surface area contributed by atoms with E-state index in [0.29, 0.717) is 19.3 Å². The van der Waals surface area contributed by atoms with Crippen LogP contribution in [0.25, 0.3) is 0 Å². The molecule has 1 aliphatic rings. The number of rotatable bonds is 32. The normalized spacial score (nSPS) is 16.6. The first kappa shape index (κ1) is 74.6. The number of hydrogen-bond donors (Lipinski definition) is 20. The molecular formula is C42H62N4O33. The molecule has 1 rings (SSSR count). The summed E-state index contributed by atoms with van der Waals surface area (Å²) in [4.78, 5) is 175. The summed E-state index contributed by atoms with van der Waals surface area (Å²) in [5.74, 6) is -22.7. The molecule has 0 bridgehead atoms. The number of carbonyl (C=O) groups excluding carboxylic acids is 5. The Morgan fingerprint density at radius 3 is 1.00 bits per heavy atom. The van der Waals surface area contributed by atoms with E-state index in [0.717, 1.165) is 0 Å². The number of hydrogen-bond acceptors (Lipinski definition) is 22. The van der Waals surface area contributed by atoms with Crippen LogP contribution in [0.2, 0.25) is 0 Å². The van der Waals surface area contributed by atoms with E-state index in [-0.39, 0.29) is 25.9 Å². The van der Waals surface area contributed by atoms with Crippen molar-refractivity contribution in [2.24, 2.45) is 0 Å². The van der Waals surface area contributed by atoms with Crippen LogP contribution >= 0.6 is 0 Å². The maximum absolute atomic E-state index is 11.6. The van der Waals surface area contributed by atoms with Crippen LogP contribution in [0.3, 0.4) is 0 Å². The molecule has 4 amide bonds. The van der Waals surface area contributed by atoms with Crippen molar-refractivity contribution in [2.45, 2.75) is 150 Å². The summed E-state index contributed by atoms with van der Waals surface area (Å²) < 4.78 is 4.71. The zero-order valence-corrected chi connectivity index (χ0v) is 41.7. The zero-order chi connectivity index (χ0) is 62.4. The molecule has 1 fully saturated rings. The summed E-state index contributed by atoms with van der Waals surface area (Å²) in [6.07, 6.45) is -7.59. The maximum atomic E-state index is 11.6. The Balaban J connectivity index is -0.000000975. The Morgan fingerprint density at radius 1 is 0.468 bits per heavy atom. The second-order valence-electron chi connectivity index (χ2n) is 16.9. The predicted octanol–water partition coefficient (Wildman–Crippen LogP) is -6.21. The molecule has 37 heteroatoms. The molecule has 20 N–H and O–H groups in total. The van der Waals surface area contributed by atoms with Crippen molar-refractivity contribution in [3.05, 3.63) is 0 Å². The first-order chi connectivity index (χ1) is 36.1. The molecule has 0 spiro atoms. The molecule has 0 aromatic rings. The molecule has 1 heterocycles. The first-order valence-corrected chi connectivity index (χ1v) is 22.4. The average Bonchev–Trinajstić information content (AvgIpc) is 3.27. The number of carboxylic acids is 11. The minimum absolute atomic E-state index is 0.0610. The summed E-state index contributed by atoms with van der Waals surface area (Å²) in [5.41, 5.74) is -11.1. The molecule has 0 radical (unpaired) electrons. The van der Waals surface area contributed by atoms with Gasteiger partial charge in [0.15, 0.2) is 22.4 Å². The van der Waals surface area contributed by atoms with Gasteiger partial charge in [0.2, 0.25) is 23.6 Å². The molecule has 8 atom stereocenters. The van der Waals surface area contributed by atoms with E-state index in [9.17, 15) is 97.1 Å². The van der Waals surface area contributed by atoms with Crippen LogP contribution in [0.1, 0.15) is 104 Å². The number of carbonyl (C=O) groups is 16. The number of aliphatic carboxylic acids is 11. The molecule has 0 aliphatic carbocycles. The smallest absolute Gasteiger partial charge is 0.336 e. The van der Waals surface area contributed by atoms with Crippen LogP contribution in [-0.2, 0) is 81.4 Å². The second-order valence-corrected chi connectivity index (χ2v) is 16.9. The first-order valence-electron chi connectivity index (χ1n) is 22.4. The third kappa shape index (κ3) is 30.0. The number of ether oxygens (including phenoxy) is 1. The molecule has 448 valence electrons. The highest BCUT2D eigenvalue weighted by atomic mass is 16.5. The SMILES string of the molecule is CCC(NC(=O)CC(O)(CC(=O)O)C(=O)O)C(=O)O.CCCC(NC(=O)CC(O)(CC(=O)O)C(=O)O)C(=O)O.O=C(O)CC(O)(CC(=O)NC(CCO)C(=O)O)C(=O)O.O=C(O)CC(O)(CC(=O)NC1CCCOC1=O)C(=O)O. The maximum Gasteiger partial charge on any atom is 0.336 e. The number of esters is 1. The number of aliphatic hydroxyl groups is 5. The van der Waals surface area contributed by atoms with Gasteiger partial charge in [-0.25, -0.2) is 38.4 Å². The Morgan fingerprint density at radius 2 is 0.759 bits per heavy atom. The third-order valence-corrected chi connectivity index (χ3v) is 9.98. The molecule has 1 saturated heterocycles. The lowest BCUT2D eigenvalue weighted by atomic mass is 9.95. The fourth-order valence-electron chi connectivity index (χ4n) is 5.98. The number of nitrogens with one attached hydrogen (secondary N) is 4. The fourth-order valence-corrected chi connectivity index (χ4v) is 5.98. The highest BCUT2D eigenvalue weighted by Gasteiger charge is 2.45. The van der Waals surface area contributed by atoms with Crippen molar-refractivity contribution in [2.75, 3.05) is 13.2 Å². The Labute approximate surface area is 442 Å². The fraction of sp³-hybridized carbons (Fsp3) is 0.619. The number of carboxylic acid groups (broad SMARTS) is 11. The summed E-state index contributed by atoms with van der Waals surface area (Å²) in [6, 6.07) is -4.81. The van der Waals surface area contributed by atoms with Gasteiger partial charge in [0.1, 0.15) is 24.2 Å². The molecule has 8 unspecified atom stereocenters. The van der Waals surface area contributed by atoms with Gasteiger partial charge >= 0.3 is 71.6 Å². The van der Waals surface area contributed by atoms with E-state index in [1.807, 2.05) is 16.0 Å². The third-order valence-electron chi connectivity index (χ3n) is 9.98. The largest absolute Gasteiger partial charge is 0.481 e. The second kappa shape index (κ2) is 34.9. The van der Waals surface area contributed by atoms with Crippen LogP contribution in [0, 0.1) is 0 Å². The van der Waals surface area contributed by atoms with Crippen molar-refractivity contribution in [3.63, 3.8) is 0 Å². The van der Waals surface area contributed by atoms with Crippen LogP contribution in [0.5, 0.6) is 0 Å². The summed E-state index contributed by atoms with van der Waals surface area (Å²) >= 11 is 0. The quantitative estimate of drug-likeness (QED) is 0.0279. The highest BCUT2D eigenvalue weighted by Crippen LogP contribution is 2.20. The van der Waals surface area contributed by atoms with Gasteiger partial charge < -0.3 is 108 Å². The Bertz CT molecular complexity index is 2100. The lowest BCUT2D eigenvalue weighted by Gasteiger charge is -2.24. The van der Waals surface area contributed by atoms with Crippen LogP contribution in [-0.4, -0.2) is 237 Å². The summed E-state index contributed by atoms with van der Waals surface area (Å²) in [6.45, 7) is 2.90. The summed E-state index contributed by atoms with van der Waals surface area (Å²) in [5, 5.41) is 150. The zero-order valence-electron chi connectivity index (χ0n) is 41.7. The van der Waals surface area contributed by atoms with E-state index in [1.54, 1.807) is 6.92 Å². The molecule has 1 aliphatic heterocycles. The molecule has 37 nitrogen and oxygen atoms in total. The summed E-state index contributed by atoms with van der Waals surface area (Å²) in [7, 11) is 0. The number of amides is 4. The van der Waals surface area contributed by atoms with Gasteiger partial charge in [-0.05, 0) is 25.7 Å². The standard InChI is InChI=1S/C11H15NO8.C11H17NO8.C10H15NO9.C10H15NO8/c13-7(12-6-2-1-3-20-9(6)16)4-11(19,10(17)18)5-8(14)15;1-2-3-6(9(16)17)12-7(13)4-11(20,10(18)19)5-8(14)15;12-2-1-5(8(16)17)11-6(13)3-10(20,9(18)19)4-7(14)15;1-2-5(8(15)16)11-6(12)3-10(19,9(17)18)4-7(13)14/h6,19H,1-5H2,(H,12,13)(H,14,15)(H,17,18);6,20H,2-5H2,1H3,(H,12,13)(H,14,15)(H,16,17)(H,18,19);5,12,20H,1-4H2,(H,11,13)(H,14,15)(H,16,17)(H,18,19);5,19H,2-4H2,1H3,(H,11,12)(H,13,14)(H,15,16)(H,17,18). The number of cyclic esters (lactones) is 1. The lowest BCUT2D eigenvalue weighted by molar-refractivity contribution is -0.168. The van der Waals surface area contributed by atoms with E-state index in [2.05, 4.69) is 5.32 Å². The van der Waals surface area contributed by atoms with Gasteiger partial charge in [-0.2, -0.15) is 0 Å². The van der Waals surface area contributed by atoms with Crippen molar-refractivity contribution < 1.29 is 163 Å². The van der Waals surface area contributed by atoms with Gasteiger partial charge in [-0.15, -0.1) is 0 Å². The topological polar surface area (TPSA) is 654 Å². The van der Waals surface area contributed by atoms with Crippen molar-refractivity contribution >= 4 is 95.3 Å². The van der Waals surface area contributed by atoms with Crippen LogP contribution < -0.4 is 21.3 Å². The molecule has 79 heavy (non-hydrogen) atoms. The molecule has 0 aromatic carbocycles. The van der Waals surface area contributed by atoms with E-state index in [4.69, 9.17) is 66.0 Å². The van der Waals surface area contributed by atoms with E-state index >= 15 is 0 Å². The van der Waals surface area contributed by atoms with Crippen molar-refractivity contribution in [3.8, 4) is 0 Å². The lowest BCUT2D eigenvalue weighted by Crippen LogP contribution is -2.49. The number of aliphatic hydroxyl groups excluding tert-OH is 1. The monoisotopic (exact) mass is 1150 g/mol. The van der Waals surface area contributed by atoms with Gasteiger partial charge in [0.25, 0.3) is 0 Å². The highest BCUT2D eigenvalue weighted by molar-refractivity contribution is 5.94. The van der Waals surface area contributed by atoms with Crippen LogP contribution in [0.15, 0.2) is 0 Å². The Hall–Kier alpha value is -8.68. The van der Waals surface area contributed by atoms with Crippen molar-refractivity contribution in [1.82, 2.24) is 21.3 Å². The van der Waals surface area contributed by atoms with E-state index < -0.39 is 200 Å².